The molecule has 0 amide bonds. The number of halogens is 1. The molecule has 4 N–H and O–H groups in total. The van der Waals surface area contributed by atoms with Gasteiger partial charge in [0.05, 0.1) is 12.1 Å². The first kappa shape index (κ1) is 25.8. The lowest BCUT2D eigenvalue weighted by molar-refractivity contribution is 0.415. The number of anilines is 3. The van der Waals surface area contributed by atoms with Crippen LogP contribution in [-0.2, 0) is 6.42 Å². The average Bonchev–Trinajstić information content (AvgIpc) is 3.27. The summed E-state index contributed by atoms with van der Waals surface area (Å²) in [5, 5.41) is 14.8. The van der Waals surface area contributed by atoms with Crippen LogP contribution in [0.3, 0.4) is 0 Å². The van der Waals surface area contributed by atoms with E-state index in [9.17, 15) is 0 Å². The van der Waals surface area contributed by atoms with Crippen LogP contribution in [0, 0.1) is 0 Å². The van der Waals surface area contributed by atoms with Crippen LogP contribution in [0.15, 0.2) is 18.2 Å². The van der Waals surface area contributed by atoms with Gasteiger partial charge in [-0.25, -0.2) is 0 Å². The third kappa shape index (κ3) is 7.58. The van der Waals surface area contributed by atoms with E-state index in [1.54, 1.807) is 7.11 Å². The zero-order chi connectivity index (χ0) is 24.5. The smallest absolute Gasteiger partial charge is 0.229 e. The van der Waals surface area contributed by atoms with Crippen molar-refractivity contribution in [1.29, 1.82) is 0 Å². The monoisotopic (exact) mass is 501 g/mol. The van der Waals surface area contributed by atoms with Gasteiger partial charge in [-0.3, -0.25) is 0 Å². The second-order valence-electron chi connectivity index (χ2n) is 9.65. The van der Waals surface area contributed by atoms with E-state index < -0.39 is 0 Å². The minimum absolute atomic E-state index is 0.292. The summed E-state index contributed by atoms with van der Waals surface area (Å²) < 4.78 is 5.25. The molecule has 1 saturated carbocycles. The van der Waals surface area contributed by atoms with Crippen molar-refractivity contribution in [2.45, 2.75) is 89.3 Å². The van der Waals surface area contributed by atoms with Crippen molar-refractivity contribution in [3.8, 4) is 5.75 Å². The van der Waals surface area contributed by atoms with Crippen LogP contribution in [0.2, 0.25) is 5.02 Å². The van der Waals surface area contributed by atoms with E-state index in [0.717, 1.165) is 24.9 Å². The number of nitrogens with zero attached hydrogens (tertiary/aromatic N) is 3. The minimum atomic E-state index is 0.292. The SMILES string of the molecule is CCC(Nc1nc(NCCc2ccc(OC)c(Cl)c2)nc(NC2CCCCCC2)n1)C1CCCN1. The standard InChI is InChI=1S/C26H40ClN7O/c1-3-21(22-11-8-15-28-22)31-26-33-24(29-16-14-18-12-13-23(35-2)20(27)17-18)32-25(34-26)30-19-9-6-4-5-7-10-19/h12-13,17,19,21-22,28H,3-11,14-16H2,1-2H3,(H3,29,30,31,32,33,34). The third-order valence-corrected chi connectivity index (χ3v) is 7.37. The summed E-state index contributed by atoms with van der Waals surface area (Å²) in [5.74, 6) is 2.56. The first-order chi connectivity index (χ1) is 17.1. The Hall–Kier alpha value is -2.32. The Labute approximate surface area is 214 Å². The number of hydrogen-bond acceptors (Lipinski definition) is 8. The second kappa shape index (κ2) is 13.1. The van der Waals surface area contributed by atoms with E-state index in [1.165, 1.54) is 51.4 Å². The van der Waals surface area contributed by atoms with Crippen molar-refractivity contribution in [3.05, 3.63) is 28.8 Å². The van der Waals surface area contributed by atoms with E-state index >= 15 is 0 Å². The van der Waals surface area contributed by atoms with Crippen molar-refractivity contribution in [2.24, 2.45) is 0 Å². The summed E-state index contributed by atoms with van der Waals surface area (Å²) >= 11 is 6.29. The number of ether oxygens (including phenoxy) is 1. The molecule has 1 aromatic carbocycles. The van der Waals surface area contributed by atoms with Gasteiger partial charge in [-0.2, -0.15) is 15.0 Å². The molecule has 1 saturated heterocycles. The van der Waals surface area contributed by atoms with Crippen molar-refractivity contribution in [1.82, 2.24) is 20.3 Å². The fourth-order valence-electron chi connectivity index (χ4n) is 5.08. The molecule has 0 bridgehead atoms. The molecule has 1 aliphatic carbocycles. The van der Waals surface area contributed by atoms with Crippen LogP contribution >= 0.6 is 11.6 Å². The van der Waals surface area contributed by atoms with Gasteiger partial charge in [-0.15, -0.1) is 0 Å². The average molecular weight is 502 g/mol. The number of benzene rings is 1. The maximum absolute atomic E-state index is 6.29. The number of nitrogens with one attached hydrogen (secondary N) is 4. The molecule has 8 nitrogen and oxygen atoms in total. The quantitative estimate of drug-likeness (QED) is 0.309. The molecule has 2 heterocycles. The first-order valence-electron chi connectivity index (χ1n) is 13.2. The van der Waals surface area contributed by atoms with Crippen LogP contribution in [0.4, 0.5) is 17.8 Å². The lowest BCUT2D eigenvalue weighted by atomic mass is 10.0. The van der Waals surface area contributed by atoms with Crippen molar-refractivity contribution in [3.63, 3.8) is 0 Å². The first-order valence-corrected chi connectivity index (χ1v) is 13.6. The molecule has 2 aliphatic rings. The molecule has 9 heteroatoms. The van der Waals surface area contributed by atoms with E-state index in [2.05, 4.69) is 28.2 Å². The summed E-state index contributed by atoms with van der Waals surface area (Å²) in [4.78, 5) is 14.2. The van der Waals surface area contributed by atoms with Gasteiger partial charge in [-0.1, -0.05) is 50.3 Å². The highest BCUT2D eigenvalue weighted by molar-refractivity contribution is 6.32. The third-order valence-electron chi connectivity index (χ3n) is 7.08. The Morgan fingerprint density at radius 3 is 2.49 bits per heavy atom. The second-order valence-corrected chi connectivity index (χ2v) is 10.1. The number of aromatic nitrogens is 3. The number of hydrogen-bond donors (Lipinski definition) is 4. The molecular weight excluding hydrogens is 462 g/mol. The predicted molar refractivity (Wildman–Crippen MR) is 144 cm³/mol. The van der Waals surface area contributed by atoms with Crippen LogP contribution in [-0.4, -0.2) is 53.3 Å². The Kier molecular flexibility index (Phi) is 9.66. The molecule has 2 fully saturated rings. The van der Waals surface area contributed by atoms with Gasteiger partial charge in [0.1, 0.15) is 5.75 Å². The summed E-state index contributed by atoms with van der Waals surface area (Å²) in [6, 6.07) is 7.04. The Bertz CT molecular complexity index is 930. The Morgan fingerprint density at radius 1 is 1.03 bits per heavy atom. The van der Waals surface area contributed by atoms with E-state index in [-0.39, 0.29) is 0 Å². The van der Waals surface area contributed by atoms with E-state index in [4.69, 9.17) is 31.3 Å². The summed E-state index contributed by atoms with van der Waals surface area (Å²) in [6.45, 7) is 3.98. The van der Waals surface area contributed by atoms with Gasteiger partial charge in [0.2, 0.25) is 17.8 Å². The molecular formula is C26H40ClN7O. The lowest BCUT2D eigenvalue weighted by Crippen LogP contribution is -2.40. The lowest BCUT2D eigenvalue weighted by Gasteiger charge is -2.24. The van der Waals surface area contributed by atoms with Crippen LogP contribution in [0.1, 0.15) is 70.3 Å². The Balaban J connectivity index is 1.45. The molecule has 35 heavy (non-hydrogen) atoms. The van der Waals surface area contributed by atoms with E-state index in [0.29, 0.717) is 53.3 Å². The van der Waals surface area contributed by atoms with Crippen molar-refractivity contribution in [2.75, 3.05) is 36.1 Å². The van der Waals surface area contributed by atoms with Gasteiger partial charge in [0, 0.05) is 24.7 Å². The van der Waals surface area contributed by atoms with Gasteiger partial charge >= 0.3 is 0 Å². The highest BCUT2D eigenvalue weighted by Crippen LogP contribution is 2.25. The predicted octanol–water partition coefficient (Wildman–Crippen LogP) is 5.27. The Morgan fingerprint density at radius 2 is 1.80 bits per heavy atom. The van der Waals surface area contributed by atoms with Crippen molar-refractivity contribution >= 4 is 29.4 Å². The van der Waals surface area contributed by atoms with Gasteiger partial charge < -0.3 is 26.0 Å². The fourth-order valence-corrected chi connectivity index (χ4v) is 5.36. The topological polar surface area (TPSA) is 96.0 Å². The molecule has 192 valence electrons. The minimum Gasteiger partial charge on any atom is -0.495 e. The molecule has 2 aromatic rings. The molecule has 2 atom stereocenters. The zero-order valence-corrected chi connectivity index (χ0v) is 21.8. The van der Waals surface area contributed by atoms with Gasteiger partial charge in [0.25, 0.3) is 0 Å². The normalized spacial score (nSPS) is 19.7. The molecule has 0 spiro atoms. The summed E-state index contributed by atoms with van der Waals surface area (Å²) in [5.41, 5.74) is 1.13. The van der Waals surface area contributed by atoms with E-state index in [1.807, 2.05) is 18.2 Å². The summed E-state index contributed by atoms with van der Waals surface area (Å²) in [6.07, 6.45) is 11.7. The summed E-state index contributed by atoms with van der Waals surface area (Å²) in [7, 11) is 1.63. The van der Waals surface area contributed by atoms with Crippen LogP contribution in [0.25, 0.3) is 0 Å². The van der Waals surface area contributed by atoms with Crippen LogP contribution < -0.4 is 26.0 Å². The highest BCUT2D eigenvalue weighted by Gasteiger charge is 2.24. The van der Waals surface area contributed by atoms with Gasteiger partial charge in [-0.05, 0) is 62.8 Å². The highest BCUT2D eigenvalue weighted by atomic mass is 35.5. The maximum Gasteiger partial charge on any atom is 0.229 e. The largest absolute Gasteiger partial charge is 0.495 e. The molecule has 1 aromatic heterocycles. The zero-order valence-electron chi connectivity index (χ0n) is 21.1. The van der Waals surface area contributed by atoms with Crippen molar-refractivity contribution < 1.29 is 4.74 Å². The molecule has 2 unspecified atom stereocenters. The molecule has 0 radical (unpaired) electrons. The molecule has 1 aliphatic heterocycles. The number of methoxy groups -OCH3 is 1. The maximum atomic E-state index is 6.29. The van der Waals surface area contributed by atoms with Crippen LogP contribution in [0.5, 0.6) is 5.75 Å². The fraction of sp³-hybridized carbons (Fsp3) is 0.654. The molecule has 4 rings (SSSR count). The number of rotatable bonds is 11. The van der Waals surface area contributed by atoms with Gasteiger partial charge in [0.15, 0.2) is 0 Å².